The van der Waals surface area contributed by atoms with E-state index in [2.05, 4.69) is 5.32 Å². The number of benzene rings is 1. The average Bonchev–Trinajstić information content (AvgIpc) is 2.31. The standard InChI is InChI=1S/C12H16N2O4/c1-2-18-12(17)10(7-11(15)16)14-9-5-3-8(13)4-6-9/h3-6,10,14H,2,7,13H2,1H3,(H,15,16). The van der Waals surface area contributed by atoms with Gasteiger partial charge < -0.3 is 20.9 Å². The summed E-state index contributed by atoms with van der Waals surface area (Å²) in [7, 11) is 0. The van der Waals surface area contributed by atoms with E-state index in [9.17, 15) is 9.59 Å². The van der Waals surface area contributed by atoms with Crippen molar-refractivity contribution in [2.75, 3.05) is 17.7 Å². The molecule has 0 aliphatic carbocycles. The molecule has 98 valence electrons. The fourth-order valence-electron chi connectivity index (χ4n) is 1.39. The van der Waals surface area contributed by atoms with Crippen molar-refractivity contribution in [3.8, 4) is 0 Å². The molecule has 6 heteroatoms. The SMILES string of the molecule is CCOC(=O)C(CC(=O)O)Nc1ccc(N)cc1. The van der Waals surface area contributed by atoms with Crippen LogP contribution < -0.4 is 11.1 Å². The monoisotopic (exact) mass is 252 g/mol. The molecule has 0 spiro atoms. The van der Waals surface area contributed by atoms with Gasteiger partial charge in [0.05, 0.1) is 13.0 Å². The highest BCUT2D eigenvalue weighted by Gasteiger charge is 2.22. The van der Waals surface area contributed by atoms with Crippen LogP contribution in [-0.4, -0.2) is 29.7 Å². The van der Waals surface area contributed by atoms with Gasteiger partial charge in [0, 0.05) is 11.4 Å². The minimum atomic E-state index is -1.07. The first kappa shape index (κ1) is 13.8. The number of carbonyl (C=O) groups is 2. The summed E-state index contributed by atoms with van der Waals surface area (Å²) >= 11 is 0. The number of hydrogen-bond donors (Lipinski definition) is 3. The van der Waals surface area contributed by atoms with Crippen molar-refractivity contribution in [3.05, 3.63) is 24.3 Å². The Kier molecular flexibility index (Phi) is 4.98. The number of nitrogen functional groups attached to an aromatic ring is 1. The quantitative estimate of drug-likeness (QED) is 0.517. The molecule has 0 heterocycles. The van der Waals surface area contributed by atoms with Gasteiger partial charge in [0.15, 0.2) is 0 Å². The van der Waals surface area contributed by atoms with Crippen LogP contribution in [0.1, 0.15) is 13.3 Å². The van der Waals surface area contributed by atoms with E-state index >= 15 is 0 Å². The Bertz CT molecular complexity index is 417. The Hall–Kier alpha value is -2.24. The Morgan fingerprint density at radius 2 is 2.00 bits per heavy atom. The highest BCUT2D eigenvalue weighted by molar-refractivity contribution is 5.84. The third kappa shape index (κ3) is 4.32. The lowest BCUT2D eigenvalue weighted by molar-refractivity contribution is -0.148. The van der Waals surface area contributed by atoms with E-state index in [1.54, 1.807) is 31.2 Å². The van der Waals surface area contributed by atoms with E-state index in [1.165, 1.54) is 0 Å². The first-order valence-corrected chi connectivity index (χ1v) is 5.53. The van der Waals surface area contributed by atoms with Gasteiger partial charge in [-0.3, -0.25) is 4.79 Å². The van der Waals surface area contributed by atoms with Crippen LogP contribution in [0, 0.1) is 0 Å². The fraction of sp³-hybridized carbons (Fsp3) is 0.333. The van der Waals surface area contributed by atoms with Crippen LogP contribution >= 0.6 is 0 Å². The van der Waals surface area contributed by atoms with Gasteiger partial charge in [0.2, 0.25) is 0 Å². The van der Waals surface area contributed by atoms with Crippen molar-refractivity contribution < 1.29 is 19.4 Å². The molecular weight excluding hydrogens is 236 g/mol. The molecule has 0 aliphatic rings. The summed E-state index contributed by atoms with van der Waals surface area (Å²) in [4.78, 5) is 22.3. The number of rotatable bonds is 6. The van der Waals surface area contributed by atoms with E-state index < -0.39 is 18.0 Å². The number of nitrogens with two attached hydrogens (primary N) is 1. The third-order valence-corrected chi connectivity index (χ3v) is 2.20. The second-order valence-corrected chi connectivity index (χ2v) is 3.67. The molecule has 18 heavy (non-hydrogen) atoms. The van der Waals surface area contributed by atoms with Crippen molar-refractivity contribution in [1.82, 2.24) is 0 Å². The first-order valence-electron chi connectivity index (χ1n) is 5.53. The zero-order valence-corrected chi connectivity index (χ0v) is 10.1. The molecule has 6 nitrogen and oxygen atoms in total. The lowest BCUT2D eigenvalue weighted by atomic mass is 10.2. The molecule has 0 aromatic heterocycles. The summed E-state index contributed by atoms with van der Waals surface area (Å²) in [6.07, 6.45) is -0.344. The Labute approximate surface area is 105 Å². The summed E-state index contributed by atoms with van der Waals surface area (Å²) in [6.45, 7) is 1.87. The molecule has 0 radical (unpaired) electrons. The maximum atomic E-state index is 11.6. The number of aliphatic carboxylic acids is 1. The van der Waals surface area contributed by atoms with Crippen molar-refractivity contribution in [2.45, 2.75) is 19.4 Å². The normalized spacial score (nSPS) is 11.6. The molecule has 0 saturated heterocycles. The van der Waals surface area contributed by atoms with Crippen molar-refractivity contribution in [2.24, 2.45) is 0 Å². The maximum absolute atomic E-state index is 11.6. The van der Waals surface area contributed by atoms with Crippen LogP contribution in [0.5, 0.6) is 0 Å². The van der Waals surface area contributed by atoms with Crippen LogP contribution in [0.3, 0.4) is 0 Å². The first-order chi connectivity index (χ1) is 8.52. The molecular formula is C12H16N2O4. The molecule has 1 atom stereocenters. The summed E-state index contributed by atoms with van der Waals surface area (Å²) in [5.74, 6) is -1.66. The van der Waals surface area contributed by atoms with Gasteiger partial charge in [-0.2, -0.15) is 0 Å². The van der Waals surface area contributed by atoms with E-state index in [1.807, 2.05) is 0 Å². The lowest BCUT2D eigenvalue weighted by Gasteiger charge is -2.16. The second-order valence-electron chi connectivity index (χ2n) is 3.67. The lowest BCUT2D eigenvalue weighted by Crippen LogP contribution is -2.33. The van der Waals surface area contributed by atoms with Gasteiger partial charge in [0.1, 0.15) is 6.04 Å². The zero-order valence-electron chi connectivity index (χ0n) is 10.1. The molecule has 0 aliphatic heterocycles. The van der Waals surface area contributed by atoms with Gasteiger partial charge in [-0.15, -0.1) is 0 Å². The number of anilines is 2. The smallest absolute Gasteiger partial charge is 0.329 e. The molecule has 4 N–H and O–H groups in total. The fourth-order valence-corrected chi connectivity index (χ4v) is 1.39. The average molecular weight is 252 g/mol. The summed E-state index contributed by atoms with van der Waals surface area (Å²) in [5, 5.41) is 11.6. The summed E-state index contributed by atoms with van der Waals surface area (Å²) < 4.78 is 4.81. The third-order valence-electron chi connectivity index (χ3n) is 2.20. The Morgan fingerprint density at radius 3 is 2.50 bits per heavy atom. The number of hydrogen-bond acceptors (Lipinski definition) is 5. The van der Waals surface area contributed by atoms with E-state index in [0.717, 1.165) is 0 Å². The molecule has 1 rings (SSSR count). The van der Waals surface area contributed by atoms with Gasteiger partial charge in [-0.05, 0) is 31.2 Å². The minimum absolute atomic E-state index is 0.207. The number of carboxylic acid groups (broad SMARTS) is 1. The highest BCUT2D eigenvalue weighted by Crippen LogP contribution is 2.13. The topological polar surface area (TPSA) is 102 Å². The number of ether oxygens (including phenoxy) is 1. The van der Waals surface area contributed by atoms with Crippen LogP contribution in [0.2, 0.25) is 0 Å². The van der Waals surface area contributed by atoms with Crippen LogP contribution in [0.25, 0.3) is 0 Å². The predicted octanol–water partition coefficient (Wildman–Crippen LogP) is 1.09. The number of carbonyl (C=O) groups excluding carboxylic acids is 1. The molecule has 0 amide bonds. The van der Waals surface area contributed by atoms with Crippen molar-refractivity contribution in [3.63, 3.8) is 0 Å². The van der Waals surface area contributed by atoms with Gasteiger partial charge >= 0.3 is 11.9 Å². The van der Waals surface area contributed by atoms with Crippen LogP contribution in [0.15, 0.2) is 24.3 Å². The number of nitrogens with one attached hydrogen (secondary N) is 1. The van der Waals surface area contributed by atoms with Gasteiger partial charge in [-0.25, -0.2) is 4.79 Å². The molecule has 1 unspecified atom stereocenters. The molecule has 0 bridgehead atoms. The second kappa shape index (κ2) is 6.48. The molecule has 0 fully saturated rings. The largest absolute Gasteiger partial charge is 0.481 e. The van der Waals surface area contributed by atoms with E-state index in [4.69, 9.17) is 15.6 Å². The van der Waals surface area contributed by atoms with E-state index in [-0.39, 0.29) is 13.0 Å². The van der Waals surface area contributed by atoms with Crippen LogP contribution in [0.4, 0.5) is 11.4 Å². The summed E-state index contributed by atoms with van der Waals surface area (Å²) in [5.41, 5.74) is 6.74. The number of esters is 1. The van der Waals surface area contributed by atoms with Gasteiger partial charge in [0.25, 0.3) is 0 Å². The minimum Gasteiger partial charge on any atom is -0.481 e. The van der Waals surface area contributed by atoms with Gasteiger partial charge in [-0.1, -0.05) is 0 Å². The summed E-state index contributed by atoms with van der Waals surface area (Å²) in [6, 6.07) is 5.75. The Morgan fingerprint density at radius 1 is 1.39 bits per heavy atom. The van der Waals surface area contributed by atoms with Crippen molar-refractivity contribution >= 4 is 23.3 Å². The zero-order chi connectivity index (χ0) is 13.5. The highest BCUT2D eigenvalue weighted by atomic mass is 16.5. The number of carboxylic acids is 1. The molecule has 1 aromatic carbocycles. The Balaban J connectivity index is 2.74. The molecule has 1 aromatic rings. The predicted molar refractivity (Wildman–Crippen MR) is 67.2 cm³/mol. The molecule has 0 saturated carbocycles. The van der Waals surface area contributed by atoms with E-state index in [0.29, 0.717) is 11.4 Å². The maximum Gasteiger partial charge on any atom is 0.329 e. The van der Waals surface area contributed by atoms with Crippen LogP contribution in [-0.2, 0) is 14.3 Å². The van der Waals surface area contributed by atoms with Crippen molar-refractivity contribution in [1.29, 1.82) is 0 Å².